The first-order chi connectivity index (χ1) is 11.4. The number of benzene rings is 1. The molecule has 0 saturated heterocycles. The smallest absolute Gasteiger partial charge is 0.232 e. The third-order valence-corrected chi connectivity index (χ3v) is 4.88. The molecule has 1 aromatic rings. The molecule has 0 saturated carbocycles. The highest BCUT2D eigenvalue weighted by molar-refractivity contribution is 7.92. The van der Waals surface area contributed by atoms with E-state index in [1.54, 1.807) is 20.8 Å². The van der Waals surface area contributed by atoms with E-state index in [1.165, 1.54) is 26.4 Å². The Morgan fingerprint density at radius 2 is 1.76 bits per heavy atom. The van der Waals surface area contributed by atoms with Gasteiger partial charge >= 0.3 is 0 Å². The second-order valence-corrected chi connectivity index (χ2v) is 8.81. The zero-order chi connectivity index (χ0) is 19.4. The molecule has 0 aromatic heterocycles. The van der Waals surface area contributed by atoms with Gasteiger partial charge in [-0.3, -0.25) is 9.10 Å². The lowest BCUT2D eigenvalue weighted by Gasteiger charge is -2.26. The molecule has 0 unspecified atom stereocenters. The maximum atomic E-state index is 12.2. The van der Waals surface area contributed by atoms with Crippen LogP contribution in [0.15, 0.2) is 12.1 Å². The summed E-state index contributed by atoms with van der Waals surface area (Å²) < 4.78 is 36.0. The Morgan fingerprint density at radius 3 is 2.20 bits per heavy atom. The summed E-state index contributed by atoms with van der Waals surface area (Å²) >= 11 is 6.07. The number of hydrogen-bond acceptors (Lipinski definition) is 5. The van der Waals surface area contributed by atoms with Gasteiger partial charge in [0.25, 0.3) is 0 Å². The van der Waals surface area contributed by atoms with Crippen LogP contribution in [0, 0.1) is 5.41 Å². The van der Waals surface area contributed by atoms with Gasteiger partial charge in [-0.15, -0.1) is 0 Å². The fourth-order valence-electron chi connectivity index (χ4n) is 2.04. The van der Waals surface area contributed by atoms with Crippen molar-refractivity contribution in [2.75, 3.05) is 37.9 Å². The molecular weight excluding hydrogens is 368 g/mol. The molecule has 0 bridgehead atoms. The minimum atomic E-state index is -3.62. The number of nitrogens with one attached hydrogen (secondary N) is 1. The number of methoxy groups -OCH3 is 2. The molecule has 0 radical (unpaired) electrons. The van der Waals surface area contributed by atoms with Gasteiger partial charge in [0.1, 0.15) is 11.5 Å². The van der Waals surface area contributed by atoms with E-state index >= 15 is 0 Å². The largest absolute Gasteiger partial charge is 0.495 e. The van der Waals surface area contributed by atoms with E-state index in [4.69, 9.17) is 21.1 Å². The highest BCUT2D eigenvalue weighted by Gasteiger charge is 2.25. The number of hydrogen-bond donors (Lipinski definition) is 1. The van der Waals surface area contributed by atoms with Crippen LogP contribution in [0.1, 0.15) is 20.8 Å². The number of carbonyl (C=O) groups is 1. The maximum Gasteiger partial charge on any atom is 0.232 e. The topological polar surface area (TPSA) is 84.9 Å². The molecule has 0 heterocycles. The van der Waals surface area contributed by atoms with E-state index in [2.05, 4.69) is 5.32 Å². The second kappa shape index (κ2) is 8.14. The summed E-state index contributed by atoms with van der Waals surface area (Å²) in [6, 6.07) is 2.98. The van der Waals surface area contributed by atoms with Crippen LogP contribution in [0.25, 0.3) is 0 Å². The molecule has 0 atom stereocenters. The number of rotatable bonds is 7. The molecule has 9 heteroatoms. The first kappa shape index (κ1) is 21.4. The van der Waals surface area contributed by atoms with Crippen molar-refractivity contribution in [1.29, 1.82) is 0 Å². The summed E-state index contributed by atoms with van der Waals surface area (Å²) in [7, 11) is -0.762. The van der Waals surface area contributed by atoms with Crippen molar-refractivity contribution in [3.8, 4) is 11.5 Å². The monoisotopic (exact) mass is 392 g/mol. The zero-order valence-corrected chi connectivity index (χ0v) is 16.9. The average Bonchev–Trinajstić information content (AvgIpc) is 2.49. The summed E-state index contributed by atoms with van der Waals surface area (Å²) in [6.07, 6.45) is 1.08. The van der Waals surface area contributed by atoms with Crippen molar-refractivity contribution in [3.05, 3.63) is 17.2 Å². The summed E-state index contributed by atoms with van der Waals surface area (Å²) in [5.74, 6) is 0.449. The van der Waals surface area contributed by atoms with Crippen molar-refractivity contribution in [2.45, 2.75) is 20.8 Å². The molecule has 1 amide bonds. The number of anilines is 1. The van der Waals surface area contributed by atoms with Crippen LogP contribution in [0.3, 0.4) is 0 Å². The highest BCUT2D eigenvalue weighted by atomic mass is 35.5. The Kier molecular flexibility index (Phi) is 6.96. The zero-order valence-electron chi connectivity index (χ0n) is 15.3. The Morgan fingerprint density at radius 1 is 1.20 bits per heavy atom. The summed E-state index contributed by atoms with van der Waals surface area (Å²) in [4.78, 5) is 12.0. The van der Waals surface area contributed by atoms with Crippen molar-refractivity contribution < 1.29 is 22.7 Å². The normalized spacial score (nSPS) is 11.8. The van der Waals surface area contributed by atoms with Crippen molar-refractivity contribution in [1.82, 2.24) is 5.32 Å². The summed E-state index contributed by atoms with van der Waals surface area (Å²) in [6.45, 7) is 5.54. The van der Waals surface area contributed by atoms with Crippen LogP contribution in [0.5, 0.6) is 11.5 Å². The highest BCUT2D eigenvalue weighted by Crippen LogP contribution is 2.38. The van der Waals surface area contributed by atoms with Crippen LogP contribution >= 0.6 is 11.6 Å². The molecule has 1 rings (SSSR count). The molecule has 25 heavy (non-hydrogen) atoms. The van der Waals surface area contributed by atoms with Gasteiger partial charge in [0.2, 0.25) is 15.9 Å². The fraction of sp³-hybridized carbons (Fsp3) is 0.562. The minimum absolute atomic E-state index is 0.0435. The fourth-order valence-corrected chi connectivity index (χ4v) is 3.19. The molecule has 1 N–H and O–H groups in total. The Balaban J connectivity index is 3.15. The molecule has 0 aliphatic rings. The molecule has 7 nitrogen and oxygen atoms in total. The van der Waals surface area contributed by atoms with Gasteiger partial charge in [-0.2, -0.15) is 0 Å². The molecular formula is C16H25ClN2O5S. The lowest BCUT2D eigenvalue weighted by Crippen LogP contribution is -2.41. The number of halogens is 1. The van der Waals surface area contributed by atoms with Gasteiger partial charge in [0, 0.05) is 24.1 Å². The Bertz CT molecular complexity index is 729. The van der Waals surface area contributed by atoms with E-state index < -0.39 is 15.4 Å². The lowest BCUT2D eigenvalue weighted by molar-refractivity contribution is -0.128. The van der Waals surface area contributed by atoms with Crippen molar-refractivity contribution in [3.63, 3.8) is 0 Å². The van der Waals surface area contributed by atoms with E-state index in [-0.39, 0.29) is 24.7 Å². The van der Waals surface area contributed by atoms with Crippen LogP contribution in [-0.4, -0.2) is 47.9 Å². The van der Waals surface area contributed by atoms with Gasteiger partial charge in [-0.05, 0) is 0 Å². The molecule has 0 aliphatic carbocycles. The SMILES string of the molecule is COc1cc(N(CCNC(=O)C(C)(C)C)S(C)(=O)=O)c(OC)cc1Cl. The summed E-state index contributed by atoms with van der Waals surface area (Å²) in [5, 5.41) is 3.03. The van der Waals surface area contributed by atoms with E-state index in [9.17, 15) is 13.2 Å². The predicted octanol–water partition coefficient (Wildman–Crippen LogP) is 2.29. The van der Waals surface area contributed by atoms with Crippen molar-refractivity contribution in [2.24, 2.45) is 5.41 Å². The first-order valence-corrected chi connectivity index (χ1v) is 9.82. The quantitative estimate of drug-likeness (QED) is 0.769. The maximum absolute atomic E-state index is 12.2. The Labute approximate surface area is 154 Å². The first-order valence-electron chi connectivity index (χ1n) is 7.59. The molecule has 0 spiro atoms. The third-order valence-electron chi connectivity index (χ3n) is 3.40. The van der Waals surface area contributed by atoms with E-state index in [0.29, 0.717) is 16.5 Å². The van der Waals surface area contributed by atoms with E-state index in [0.717, 1.165) is 10.6 Å². The number of nitrogens with zero attached hydrogens (tertiary/aromatic N) is 1. The van der Waals surface area contributed by atoms with Crippen molar-refractivity contribution >= 4 is 33.2 Å². The number of ether oxygens (including phenoxy) is 2. The van der Waals surface area contributed by atoms with Gasteiger partial charge in [-0.1, -0.05) is 32.4 Å². The lowest BCUT2D eigenvalue weighted by atomic mass is 9.96. The number of sulfonamides is 1. The van der Waals surface area contributed by atoms with E-state index in [1.807, 2.05) is 0 Å². The molecule has 0 fully saturated rings. The molecule has 1 aromatic carbocycles. The van der Waals surface area contributed by atoms with Crippen LogP contribution in [0.4, 0.5) is 5.69 Å². The Hall–Kier alpha value is -1.67. The van der Waals surface area contributed by atoms with Gasteiger partial charge < -0.3 is 14.8 Å². The minimum Gasteiger partial charge on any atom is -0.495 e. The van der Waals surface area contributed by atoms with Gasteiger partial charge in [-0.25, -0.2) is 8.42 Å². The van der Waals surface area contributed by atoms with Crippen LogP contribution in [0.2, 0.25) is 5.02 Å². The van der Waals surface area contributed by atoms with Crippen LogP contribution in [-0.2, 0) is 14.8 Å². The number of amides is 1. The standard InChI is InChI=1S/C16H25ClN2O5S/c1-16(2,3)15(20)18-7-8-19(25(6,21)22)12-10-13(23-4)11(17)9-14(12)24-5/h9-10H,7-8H2,1-6H3,(H,18,20). The molecule has 142 valence electrons. The third kappa shape index (κ3) is 5.67. The van der Waals surface area contributed by atoms with Crippen LogP contribution < -0.4 is 19.1 Å². The summed E-state index contributed by atoms with van der Waals surface area (Å²) in [5.41, 5.74) is -0.270. The average molecular weight is 393 g/mol. The number of carbonyl (C=O) groups excluding carboxylic acids is 1. The predicted molar refractivity (Wildman–Crippen MR) is 99.2 cm³/mol. The molecule has 0 aliphatic heterocycles. The van der Waals surface area contributed by atoms with Gasteiger partial charge in [0.05, 0.1) is 37.7 Å². The van der Waals surface area contributed by atoms with Gasteiger partial charge in [0.15, 0.2) is 0 Å². The second-order valence-electron chi connectivity index (χ2n) is 6.50.